The van der Waals surface area contributed by atoms with Crippen LogP contribution in [0.1, 0.15) is 45.6 Å². The van der Waals surface area contributed by atoms with Crippen LogP contribution >= 0.6 is 0 Å². The zero-order chi connectivity index (χ0) is 27.0. The van der Waals surface area contributed by atoms with Gasteiger partial charge < -0.3 is 10.1 Å². The molecule has 0 radical (unpaired) electrons. The number of nitrogens with one attached hydrogen (secondary N) is 1. The van der Waals surface area contributed by atoms with E-state index in [1.807, 2.05) is 67.8 Å². The Balaban J connectivity index is 1.38. The van der Waals surface area contributed by atoms with Crippen LogP contribution in [0.2, 0.25) is 0 Å². The number of amides is 1. The van der Waals surface area contributed by atoms with Crippen LogP contribution in [0.25, 0.3) is 39.4 Å². The molecular weight excluding hydrogens is 484 g/mol. The summed E-state index contributed by atoms with van der Waals surface area (Å²) < 4.78 is 7.55. The molecule has 0 saturated heterocycles. The van der Waals surface area contributed by atoms with Crippen molar-refractivity contribution < 1.29 is 9.53 Å². The second-order valence-corrected chi connectivity index (χ2v) is 11.2. The Morgan fingerprint density at radius 2 is 1.46 bits per heavy atom. The molecule has 6 rings (SSSR count). The van der Waals surface area contributed by atoms with Crippen LogP contribution < -0.4 is 5.32 Å². The van der Waals surface area contributed by atoms with E-state index in [1.165, 1.54) is 0 Å². The molecule has 1 saturated carbocycles. The van der Waals surface area contributed by atoms with Gasteiger partial charge in [0.15, 0.2) is 0 Å². The molecule has 0 bridgehead atoms. The van der Waals surface area contributed by atoms with E-state index >= 15 is 0 Å². The number of benzene rings is 3. The average Bonchev–Trinajstić information content (AvgIpc) is 3.33. The van der Waals surface area contributed by atoms with Gasteiger partial charge in [0.25, 0.3) is 0 Å². The highest BCUT2D eigenvalue weighted by atomic mass is 16.6. The van der Waals surface area contributed by atoms with Crippen molar-refractivity contribution in [2.24, 2.45) is 0 Å². The molecule has 0 unspecified atom stereocenters. The van der Waals surface area contributed by atoms with Gasteiger partial charge in [0.2, 0.25) is 5.78 Å². The first-order chi connectivity index (χ1) is 18.8. The molecule has 0 aliphatic heterocycles. The van der Waals surface area contributed by atoms with Gasteiger partial charge in [-0.3, -0.25) is 4.40 Å². The molecule has 39 heavy (non-hydrogen) atoms. The van der Waals surface area contributed by atoms with E-state index in [2.05, 4.69) is 60.0 Å². The Morgan fingerprint density at radius 1 is 0.821 bits per heavy atom. The molecule has 3 aromatic carbocycles. The summed E-state index contributed by atoms with van der Waals surface area (Å²) in [5.41, 5.74) is 6.06. The van der Waals surface area contributed by atoms with E-state index in [0.29, 0.717) is 5.78 Å². The molecule has 6 nitrogen and oxygen atoms in total. The van der Waals surface area contributed by atoms with Crippen molar-refractivity contribution in [2.45, 2.75) is 51.2 Å². The summed E-state index contributed by atoms with van der Waals surface area (Å²) in [6.45, 7) is 5.64. The molecule has 0 spiro atoms. The predicted molar refractivity (Wildman–Crippen MR) is 154 cm³/mol. The first-order valence-electron chi connectivity index (χ1n) is 13.4. The largest absolute Gasteiger partial charge is 0.444 e. The van der Waals surface area contributed by atoms with E-state index in [0.717, 1.165) is 58.5 Å². The summed E-state index contributed by atoms with van der Waals surface area (Å²) in [6.07, 6.45) is 6.61. The quantitative estimate of drug-likeness (QED) is 0.261. The number of aromatic nitrogens is 3. The molecular formula is C33H32N4O2. The SMILES string of the molecule is CC(C)(C)OC(=O)NC1(c2ccc(-c3nc4nc(-c5ccccc5)cn4cc3-c3ccccc3)cc2)CCC1. The smallest absolute Gasteiger partial charge is 0.408 e. The highest BCUT2D eigenvalue weighted by Gasteiger charge is 2.41. The number of ether oxygens (including phenoxy) is 1. The second kappa shape index (κ2) is 9.70. The van der Waals surface area contributed by atoms with E-state index in [1.54, 1.807) is 0 Å². The molecule has 1 amide bonds. The van der Waals surface area contributed by atoms with Crippen LogP contribution in [0.3, 0.4) is 0 Å². The highest BCUT2D eigenvalue weighted by molar-refractivity contribution is 5.82. The third-order valence-electron chi connectivity index (χ3n) is 7.26. The normalized spacial score (nSPS) is 14.5. The van der Waals surface area contributed by atoms with Crippen LogP contribution in [0.5, 0.6) is 0 Å². The third-order valence-corrected chi connectivity index (χ3v) is 7.26. The Morgan fingerprint density at radius 3 is 2.05 bits per heavy atom. The minimum Gasteiger partial charge on any atom is -0.444 e. The molecule has 196 valence electrons. The fourth-order valence-corrected chi connectivity index (χ4v) is 5.18. The third kappa shape index (κ3) is 5.02. The second-order valence-electron chi connectivity index (χ2n) is 11.2. The van der Waals surface area contributed by atoms with Crippen LogP contribution in [0, 0.1) is 0 Å². The van der Waals surface area contributed by atoms with Gasteiger partial charge in [0.1, 0.15) is 5.60 Å². The molecule has 1 aliphatic rings. The summed E-state index contributed by atoms with van der Waals surface area (Å²) in [5, 5.41) is 3.15. The van der Waals surface area contributed by atoms with Gasteiger partial charge in [-0.15, -0.1) is 0 Å². The fraction of sp³-hybridized carbons (Fsp3) is 0.242. The zero-order valence-electron chi connectivity index (χ0n) is 22.5. The molecule has 6 heteroatoms. The van der Waals surface area contributed by atoms with Crippen LogP contribution in [0.15, 0.2) is 97.3 Å². The van der Waals surface area contributed by atoms with E-state index in [-0.39, 0.29) is 6.09 Å². The van der Waals surface area contributed by atoms with Gasteiger partial charge in [-0.2, -0.15) is 0 Å². The molecule has 1 N–H and O–H groups in total. The number of rotatable bonds is 5. The Kier molecular flexibility index (Phi) is 6.18. The zero-order valence-corrected chi connectivity index (χ0v) is 22.5. The summed E-state index contributed by atoms with van der Waals surface area (Å²) >= 11 is 0. The van der Waals surface area contributed by atoms with Crippen molar-refractivity contribution in [1.82, 2.24) is 19.7 Å². The maximum absolute atomic E-state index is 12.6. The number of hydrogen-bond donors (Lipinski definition) is 1. The number of nitrogens with zero attached hydrogens (tertiary/aromatic N) is 3. The van der Waals surface area contributed by atoms with Crippen molar-refractivity contribution >= 4 is 11.9 Å². The standard InChI is InChI=1S/C33H32N4O2/c1-32(2,3)39-31(38)36-33(19-10-20-33)26-17-15-25(16-18-26)29-27(23-11-6-4-7-12-23)21-37-22-28(34-30(37)35-29)24-13-8-5-9-14-24/h4-9,11-18,21-22H,10,19-20H2,1-3H3,(H,36,38). The number of fused-ring (bicyclic) bond motifs is 1. The van der Waals surface area contributed by atoms with Gasteiger partial charge in [0.05, 0.1) is 16.9 Å². The molecule has 1 aliphatic carbocycles. The van der Waals surface area contributed by atoms with Crippen molar-refractivity contribution in [2.75, 3.05) is 0 Å². The number of imidazole rings is 1. The van der Waals surface area contributed by atoms with Gasteiger partial charge in [-0.05, 0) is 51.2 Å². The van der Waals surface area contributed by atoms with E-state index in [9.17, 15) is 4.79 Å². The average molecular weight is 517 g/mol. The fourth-order valence-electron chi connectivity index (χ4n) is 5.18. The Bertz CT molecular complexity index is 1610. The summed E-state index contributed by atoms with van der Waals surface area (Å²) in [4.78, 5) is 22.5. The van der Waals surface area contributed by atoms with E-state index < -0.39 is 11.1 Å². The van der Waals surface area contributed by atoms with Crippen molar-refractivity contribution in [3.63, 3.8) is 0 Å². The lowest BCUT2D eigenvalue weighted by Crippen LogP contribution is -2.52. The Labute approximate surface area is 228 Å². The maximum Gasteiger partial charge on any atom is 0.408 e. The van der Waals surface area contributed by atoms with Crippen LogP contribution in [0.4, 0.5) is 4.79 Å². The lowest BCUT2D eigenvalue weighted by atomic mass is 9.71. The monoisotopic (exact) mass is 516 g/mol. The van der Waals surface area contributed by atoms with E-state index in [4.69, 9.17) is 14.7 Å². The molecule has 2 heterocycles. The number of hydrogen-bond acceptors (Lipinski definition) is 4. The lowest BCUT2D eigenvalue weighted by Gasteiger charge is -2.43. The molecule has 0 atom stereocenters. The molecule has 1 fully saturated rings. The minimum atomic E-state index is -0.537. The van der Waals surface area contributed by atoms with Gasteiger partial charge in [-0.25, -0.2) is 14.8 Å². The number of carbonyl (C=O) groups excluding carboxylic acids is 1. The summed E-state index contributed by atoms with van der Waals surface area (Å²) in [6, 6.07) is 28.8. The van der Waals surface area contributed by atoms with Gasteiger partial charge in [-0.1, -0.05) is 84.9 Å². The van der Waals surface area contributed by atoms with Crippen molar-refractivity contribution in [1.29, 1.82) is 0 Å². The van der Waals surface area contributed by atoms with Crippen LogP contribution in [-0.4, -0.2) is 26.1 Å². The van der Waals surface area contributed by atoms with Crippen LogP contribution in [-0.2, 0) is 10.3 Å². The minimum absolute atomic E-state index is 0.377. The topological polar surface area (TPSA) is 68.5 Å². The van der Waals surface area contributed by atoms with Gasteiger partial charge >= 0.3 is 6.09 Å². The maximum atomic E-state index is 12.6. The molecule has 2 aromatic heterocycles. The highest BCUT2D eigenvalue weighted by Crippen LogP contribution is 2.42. The first-order valence-corrected chi connectivity index (χ1v) is 13.4. The van der Waals surface area contributed by atoms with Gasteiger partial charge in [0, 0.05) is 29.1 Å². The molecule has 5 aromatic rings. The first kappa shape index (κ1) is 24.9. The lowest BCUT2D eigenvalue weighted by molar-refractivity contribution is 0.0377. The number of alkyl carbamates (subject to hydrolysis) is 1. The number of carbonyl (C=O) groups is 1. The van der Waals surface area contributed by atoms with Crippen molar-refractivity contribution in [3.05, 3.63) is 103 Å². The Hall–Kier alpha value is -4.45. The predicted octanol–water partition coefficient (Wildman–Crippen LogP) is 7.63. The van der Waals surface area contributed by atoms with Crippen molar-refractivity contribution in [3.8, 4) is 33.6 Å². The summed E-state index contributed by atoms with van der Waals surface area (Å²) in [7, 11) is 0. The summed E-state index contributed by atoms with van der Waals surface area (Å²) in [5.74, 6) is 0.648.